The van der Waals surface area contributed by atoms with E-state index < -0.39 is 0 Å². The van der Waals surface area contributed by atoms with Gasteiger partial charge in [-0.2, -0.15) is 17.0 Å². The molecule has 0 fully saturated rings. The number of hydrogen-bond acceptors (Lipinski definition) is 4. The van der Waals surface area contributed by atoms with E-state index in [0.29, 0.717) is 17.9 Å². The average molecular weight is 284 g/mol. The highest BCUT2D eigenvalue weighted by atomic mass is 32.2. The number of nitrogen functional groups attached to an aromatic ring is 1. The standard InChI is InChI=1S/C16H16N2OS/c17-11-13-4-6-14(7-5-13)12-20-9-8-19-16-3-1-2-15(18)10-16/h1-7,10H,8-9,12,18H2. The van der Waals surface area contributed by atoms with Crippen molar-refractivity contribution in [1.29, 1.82) is 5.26 Å². The highest BCUT2D eigenvalue weighted by molar-refractivity contribution is 7.98. The van der Waals surface area contributed by atoms with Gasteiger partial charge in [-0.3, -0.25) is 0 Å². The van der Waals surface area contributed by atoms with Crippen LogP contribution in [0.1, 0.15) is 11.1 Å². The minimum atomic E-state index is 0.657. The summed E-state index contributed by atoms with van der Waals surface area (Å²) in [5.74, 6) is 2.64. The summed E-state index contributed by atoms with van der Waals surface area (Å²) in [4.78, 5) is 0. The summed E-state index contributed by atoms with van der Waals surface area (Å²) < 4.78 is 5.62. The molecule has 0 aliphatic carbocycles. The van der Waals surface area contributed by atoms with E-state index in [0.717, 1.165) is 17.3 Å². The molecular weight excluding hydrogens is 268 g/mol. The molecule has 0 saturated carbocycles. The summed E-state index contributed by atoms with van der Waals surface area (Å²) >= 11 is 1.80. The first-order chi connectivity index (χ1) is 9.78. The van der Waals surface area contributed by atoms with E-state index in [-0.39, 0.29) is 0 Å². The van der Waals surface area contributed by atoms with Gasteiger partial charge in [-0.15, -0.1) is 0 Å². The summed E-state index contributed by atoms with van der Waals surface area (Å²) in [5.41, 5.74) is 8.31. The summed E-state index contributed by atoms with van der Waals surface area (Å²) in [6.07, 6.45) is 0. The molecule has 0 amide bonds. The van der Waals surface area contributed by atoms with Crippen molar-refractivity contribution < 1.29 is 4.74 Å². The first-order valence-corrected chi connectivity index (χ1v) is 7.48. The van der Waals surface area contributed by atoms with E-state index in [1.54, 1.807) is 11.8 Å². The van der Waals surface area contributed by atoms with E-state index >= 15 is 0 Å². The molecule has 20 heavy (non-hydrogen) atoms. The Hall–Kier alpha value is -2.12. The lowest BCUT2D eigenvalue weighted by Gasteiger charge is -2.06. The fourth-order valence-corrected chi connectivity index (χ4v) is 2.46. The van der Waals surface area contributed by atoms with E-state index in [1.165, 1.54) is 5.56 Å². The SMILES string of the molecule is N#Cc1ccc(CSCCOc2cccc(N)c2)cc1. The molecule has 0 spiro atoms. The molecule has 0 aliphatic heterocycles. The molecule has 0 aromatic heterocycles. The molecule has 2 aromatic carbocycles. The van der Waals surface area contributed by atoms with E-state index in [4.69, 9.17) is 15.7 Å². The Balaban J connectivity index is 1.67. The van der Waals surface area contributed by atoms with E-state index in [1.807, 2.05) is 48.5 Å². The molecule has 0 radical (unpaired) electrons. The highest BCUT2D eigenvalue weighted by Crippen LogP contribution is 2.16. The number of ether oxygens (including phenoxy) is 1. The predicted octanol–water partition coefficient (Wildman–Crippen LogP) is 3.45. The van der Waals surface area contributed by atoms with Gasteiger partial charge in [0.15, 0.2) is 0 Å². The average Bonchev–Trinajstić information content (AvgIpc) is 2.48. The fourth-order valence-electron chi connectivity index (χ4n) is 1.69. The Morgan fingerprint density at radius 2 is 1.95 bits per heavy atom. The number of thioether (sulfide) groups is 1. The van der Waals surface area contributed by atoms with Gasteiger partial charge in [-0.1, -0.05) is 18.2 Å². The first kappa shape index (κ1) is 14.3. The number of nitriles is 1. The molecule has 0 heterocycles. The molecule has 0 unspecified atom stereocenters. The fraction of sp³-hybridized carbons (Fsp3) is 0.188. The van der Waals surface area contributed by atoms with Gasteiger partial charge < -0.3 is 10.5 Å². The van der Waals surface area contributed by atoms with Crippen LogP contribution in [0.4, 0.5) is 5.69 Å². The zero-order valence-corrected chi connectivity index (χ0v) is 11.9. The van der Waals surface area contributed by atoms with Crippen molar-refractivity contribution in [3.05, 3.63) is 59.7 Å². The summed E-state index contributed by atoms with van der Waals surface area (Å²) in [5, 5.41) is 8.72. The quantitative estimate of drug-likeness (QED) is 0.652. The number of hydrogen-bond donors (Lipinski definition) is 1. The van der Waals surface area contributed by atoms with Crippen molar-refractivity contribution in [2.75, 3.05) is 18.1 Å². The van der Waals surface area contributed by atoms with Crippen LogP contribution in [0.5, 0.6) is 5.75 Å². The summed E-state index contributed by atoms with van der Waals surface area (Å²) in [7, 11) is 0. The van der Waals surface area contributed by atoms with E-state index in [9.17, 15) is 0 Å². The second kappa shape index (κ2) is 7.46. The molecule has 102 valence electrons. The number of benzene rings is 2. The van der Waals surface area contributed by atoms with Gasteiger partial charge in [0.2, 0.25) is 0 Å². The van der Waals surface area contributed by atoms with Crippen LogP contribution in [0.3, 0.4) is 0 Å². The second-order valence-electron chi connectivity index (χ2n) is 4.28. The molecule has 2 aromatic rings. The lowest BCUT2D eigenvalue weighted by molar-refractivity contribution is 0.344. The lowest BCUT2D eigenvalue weighted by Crippen LogP contribution is -2.00. The van der Waals surface area contributed by atoms with Gasteiger partial charge in [0, 0.05) is 23.3 Å². The van der Waals surface area contributed by atoms with Crippen LogP contribution < -0.4 is 10.5 Å². The Kier molecular flexibility index (Phi) is 5.33. The van der Waals surface area contributed by atoms with Crippen LogP contribution in [0, 0.1) is 11.3 Å². The molecule has 0 aliphatic rings. The van der Waals surface area contributed by atoms with Crippen LogP contribution in [-0.4, -0.2) is 12.4 Å². The maximum absolute atomic E-state index is 8.72. The number of nitrogens with zero attached hydrogens (tertiary/aromatic N) is 1. The number of rotatable bonds is 6. The highest BCUT2D eigenvalue weighted by Gasteiger charge is 1.97. The molecule has 4 heteroatoms. The molecular formula is C16H16N2OS. The molecule has 0 bridgehead atoms. The zero-order valence-electron chi connectivity index (χ0n) is 11.1. The number of anilines is 1. The first-order valence-electron chi connectivity index (χ1n) is 6.33. The predicted molar refractivity (Wildman–Crippen MR) is 83.7 cm³/mol. The van der Waals surface area contributed by atoms with Gasteiger partial charge >= 0.3 is 0 Å². The molecule has 3 nitrogen and oxygen atoms in total. The number of nitrogens with two attached hydrogens (primary N) is 1. The third kappa shape index (κ3) is 4.52. The van der Waals surface area contributed by atoms with Crippen molar-refractivity contribution in [1.82, 2.24) is 0 Å². The molecule has 0 atom stereocenters. The summed E-state index contributed by atoms with van der Waals surface area (Å²) in [6.45, 7) is 0.657. The van der Waals surface area contributed by atoms with Gasteiger partial charge in [-0.05, 0) is 29.8 Å². The van der Waals surface area contributed by atoms with Crippen LogP contribution in [0.25, 0.3) is 0 Å². The molecule has 0 saturated heterocycles. The maximum atomic E-state index is 8.72. The van der Waals surface area contributed by atoms with Crippen molar-refractivity contribution in [2.45, 2.75) is 5.75 Å². The smallest absolute Gasteiger partial charge is 0.121 e. The van der Waals surface area contributed by atoms with Crippen LogP contribution >= 0.6 is 11.8 Å². The normalized spacial score (nSPS) is 9.95. The second-order valence-corrected chi connectivity index (χ2v) is 5.39. The zero-order chi connectivity index (χ0) is 14.2. The van der Waals surface area contributed by atoms with Gasteiger partial charge in [0.1, 0.15) is 5.75 Å². The van der Waals surface area contributed by atoms with Crippen LogP contribution in [0.2, 0.25) is 0 Å². The Bertz CT molecular complexity index is 590. The Morgan fingerprint density at radius 1 is 1.15 bits per heavy atom. The Morgan fingerprint density at radius 3 is 2.65 bits per heavy atom. The van der Waals surface area contributed by atoms with Crippen molar-refractivity contribution in [2.24, 2.45) is 0 Å². The van der Waals surface area contributed by atoms with Crippen molar-refractivity contribution in [3.8, 4) is 11.8 Å². The van der Waals surface area contributed by atoms with Gasteiger partial charge in [-0.25, -0.2) is 0 Å². The van der Waals surface area contributed by atoms with Gasteiger partial charge in [0.05, 0.1) is 18.2 Å². The van der Waals surface area contributed by atoms with Gasteiger partial charge in [0.25, 0.3) is 0 Å². The van der Waals surface area contributed by atoms with Crippen LogP contribution in [-0.2, 0) is 5.75 Å². The third-order valence-corrected chi connectivity index (χ3v) is 3.70. The Labute approximate surface area is 123 Å². The monoisotopic (exact) mass is 284 g/mol. The summed E-state index contributed by atoms with van der Waals surface area (Å²) in [6, 6.07) is 17.2. The minimum absolute atomic E-state index is 0.657. The minimum Gasteiger partial charge on any atom is -0.493 e. The van der Waals surface area contributed by atoms with Crippen molar-refractivity contribution in [3.63, 3.8) is 0 Å². The van der Waals surface area contributed by atoms with E-state index in [2.05, 4.69) is 6.07 Å². The maximum Gasteiger partial charge on any atom is 0.121 e. The van der Waals surface area contributed by atoms with Crippen LogP contribution in [0.15, 0.2) is 48.5 Å². The topological polar surface area (TPSA) is 59.0 Å². The molecule has 2 rings (SSSR count). The largest absolute Gasteiger partial charge is 0.493 e. The van der Waals surface area contributed by atoms with Crippen molar-refractivity contribution >= 4 is 17.4 Å². The lowest BCUT2D eigenvalue weighted by atomic mass is 10.2. The third-order valence-electron chi connectivity index (χ3n) is 2.71. The molecule has 2 N–H and O–H groups in total.